The summed E-state index contributed by atoms with van der Waals surface area (Å²) in [6.45, 7) is 0. The molecule has 2 fully saturated rings. The molecule has 2 aromatic rings. The molecule has 2 aliphatic rings. The number of aryl methyl sites for hydroxylation is 1. The lowest BCUT2D eigenvalue weighted by Gasteiger charge is -2.18. The zero-order chi connectivity index (χ0) is 14.4. The molecule has 3 N–H and O–H groups in total. The van der Waals surface area contributed by atoms with Crippen molar-refractivity contribution >= 4 is 5.82 Å². The highest BCUT2D eigenvalue weighted by Gasteiger charge is 2.43. The van der Waals surface area contributed by atoms with E-state index in [2.05, 4.69) is 15.5 Å². The second kappa shape index (κ2) is 4.78. The third kappa shape index (κ3) is 2.18. The van der Waals surface area contributed by atoms with E-state index >= 15 is 0 Å². The number of rotatable bonds is 3. The van der Waals surface area contributed by atoms with E-state index in [-0.39, 0.29) is 12.0 Å². The molecule has 3 unspecified atom stereocenters. The van der Waals surface area contributed by atoms with E-state index in [1.165, 1.54) is 0 Å². The van der Waals surface area contributed by atoms with Gasteiger partial charge < -0.3 is 10.2 Å². The molecule has 2 aromatic heterocycles. The van der Waals surface area contributed by atoms with Gasteiger partial charge in [-0.15, -0.1) is 0 Å². The van der Waals surface area contributed by atoms with Crippen molar-refractivity contribution in [3.8, 4) is 11.3 Å². The Morgan fingerprint density at radius 1 is 1.38 bits per heavy atom. The first-order valence-electron chi connectivity index (χ1n) is 7.23. The van der Waals surface area contributed by atoms with Crippen LogP contribution in [0.4, 0.5) is 5.82 Å². The topological polar surface area (TPSA) is 90.9 Å². The highest BCUT2D eigenvalue weighted by molar-refractivity contribution is 5.60. The molecule has 21 heavy (non-hydrogen) atoms. The summed E-state index contributed by atoms with van der Waals surface area (Å²) in [5.74, 6) is 7.27. The van der Waals surface area contributed by atoms with Crippen LogP contribution in [0.2, 0.25) is 0 Å². The summed E-state index contributed by atoms with van der Waals surface area (Å²) in [5.41, 5.74) is 4.43. The van der Waals surface area contributed by atoms with Gasteiger partial charge in [0, 0.05) is 30.8 Å². The number of hydrogen-bond acceptors (Lipinski definition) is 6. The Morgan fingerprint density at radius 3 is 2.90 bits per heavy atom. The van der Waals surface area contributed by atoms with Gasteiger partial charge in [0.2, 0.25) is 0 Å². The number of hydrazine groups is 1. The molecule has 110 valence electrons. The Kier molecular flexibility index (Phi) is 2.90. The number of ether oxygens (including phenoxy) is 1. The quantitative estimate of drug-likeness (QED) is 0.651. The molecule has 0 saturated carbocycles. The summed E-state index contributed by atoms with van der Waals surface area (Å²) >= 11 is 0. The number of aromatic nitrogens is 4. The van der Waals surface area contributed by atoms with Gasteiger partial charge in [-0.3, -0.25) is 4.68 Å². The maximum absolute atomic E-state index is 5.91. The molecule has 2 aliphatic heterocycles. The highest BCUT2D eigenvalue weighted by Crippen LogP contribution is 2.43. The Hall–Kier alpha value is -1.99. The molecule has 7 nitrogen and oxygen atoms in total. The first kappa shape index (κ1) is 12.7. The van der Waals surface area contributed by atoms with Crippen molar-refractivity contribution in [3.63, 3.8) is 0 Å². The number of nitrogens with zero attached hydrogens (tertiary/aromatic N) is 4. The van der Waals surface area contributed by atoms with Gasteiger partial charge in [0.25, 0.3) is 0 Å². The van der Waals surface area contributed by atoms with Crippen LogP contribution in [0.1, 0.15) is 31.0 Å². The summed E-state index contributed by atoms with van der Waals surface area (Å²) in [7, 11) is 1.89. The smallest absolute Gasteiger partial charge is 0.144 e. The first-order valence-corrected chi connectivity index (χ1v) is 7.23. The van der Waals surface area contributed by atoms with Crippen LogP contribution in [-0.2, 0) is 11.8 Å². The fraction of sp³-hybridized carbons (Fsp3) is 0.500. The number of fused-ring (bicyclic) bond motifs is 2. The third-order valence-corrected chi connectivity index (χ3v) is 4.33. The highest BCUT2D eigenvalue weighted by atomic mass is 16.5. The van der Waals surface area contributed by atoms with Crippen molar-refractivity contribution in [1.29, 1.82) is 0 Å². The van der Waals surface area contributed by atoms with E-state index in [1.807, 2.05) is 19.3 Å². The molecule has 0 aromatic carbocycles. The van der Waals surface area contributed by atoms with Crippen LogP contribution in [0, 0.1) is 0 Å². The molecule has 2 bridgehead atoms. The van der Waals surface area contributed by atoms with Crippen LogP contribution >= 0.6 is 0 Å². The maximum atomic E-state index is 5.91. The molecular formula is C14H18N6O. The van der Waals surface area contributed by atoms with Gasteiger partial charge >= 0.3 is 0 Å². The summed E-state index contributed by atoms with van der Waals surface area (Å²) in [6, 6.07) is 1.84. The lowest BCUT2D eigenvalue weighted by molar-refractivity contribution is 0.0999. The number of nitrogens with two attached hydrogens (primary N) is 1. The van der Waals surface area contributed by atoms with E-state index in [4.69, 9.17) is 15.6 Å². The fourth-order valence-corrected chi connectivity index (χ4v) is 3.32. The van der Waals surface area contributed by atoms with E-state index in [9.17, 15) is 0 Å². The molecule has 7 heteroatoms. The molecule has 0 spiro atoms. The average molecular weight is 286 g/mol. The zero-order valence-electron chi connectivity index (χ0n) is 11.9. The fourth-order valence-electron chi connectivity index (χ4n) is 3.32. The van der Waals surface area contributed by atoms with Crippen molar-refractivity contribution < 1.29 is 4.74 Å². The van der Waals surface area contributed by atoms with Crippen LogP contribution in [0.5, 0.6) is 0 Å². The SMILES string of the molecule is Cn1cc(-c2cc(NN)nc(C3CC4CCC3O4)n2)cn1. The number of anilines is 1. The van der Waals surface area contributed by atoms with Crippen molar-refractivity contribution in [1.82, 2.24) is 19.7 Å². The Labute approximate surface area is 122 Å². The molecule has 2 saturated heterocycles. The van der Waals surface area contributed by atoms with Crippen LogP contribution in [0.3, 0.4) is 0 Å². The normalized spacial score (nSPS) is 27.2. The van der Waals surface area contributed by atoms with Gasteiger partial charge in [0.15, 0.2) is 0 Å². The first-order chi connectivity index (χ1) is 10.2. The second-order valence-corrected chi connectivity index (χ2v) is 5.76. The van der Waals surface area contributed by atoms with Crippen molar-refractivity contribution in [2.75, 3.05) is 5.43 Å². The summed E-state index contributed by atoms with van der Waals surface area (Å²) in [4.78, 5) is 9.26. The van der Waals surface area contributed by atoms with E-state index < -0.39 is 0 Å². The number of hydrogen-bond donors (Lipinski definition) is 2. The van der Waals surface area contributed by atoms with Crippen LogP contribution < -0.4 is 11.3 Å². The van der Waals surface area contributed by atoms with Crippen molar-refractivity contribution in [3.05, 3.63) is 24.3 Å². The molecular weight excluding hydrogens is 268 g/mol. The van der Waals surface area contributed by atoms with Crippen LogP contribution in [0.25, 0.3) is 11.3 Å². The maximum Gasteiger partial charge on any atom is 0.144 e. The minimum atomic E-state index is 0.254. The van der Waals surface area contributed by atoms with Gasteiger partial charge in [0.05, 0.1) is 24.1 Å². The number of nitrogens with one attached hydrogen (secondary N) is 1. The van der Waals surface area contributed by atoms with E-state index in [0.29, 0.717) is 11.9 Å². The Bertz CT molecular complexity index is 669. The van der Waals surface area contributed by atoms with E-state index in [0.717, 1.165) is 36.3 Å². The average Bonchev–Trinajstić information content (AvgIpc) is 3.22. The van der Waals surface area contributed by atoms with Gasteiger partial charge in [-0.1, -0.05) is 0 Å². The van der Waals surface area contributed by atoms with Gasteiger partial charge in [-0.05, 0) is 19.3 Å². The van der Waals surface area contributed by atoms with Gasteiger partial charge in [0.1, 0.15) is 11.6 Å². The minimum Gasteiger partial charge on any atom is -0.374 e. The van der Waals surface area contributed by atoms with E-state index in [1.54, 1.807) is 10.9 Å². The largest absolute Gasteiger partial charge is 0.374 e. The molecule has 0 aliphatic carbocycles. The van der Waals surface area contributed by atoms with Crippen LogP contribution in [0.15, 0.2) is 18.5 Å². The Balaban J connectivity index is 1.73. The van der Waals surface area contributed by atoms with Gasteiger partial charge in [-0.25, -0.2) is 15.8 Å². The lowest BCUT2D eigenvalue weighted by atomic mass is 9.88. The van der Waals surface area contributed by atoms with Crippen LogP contribution in [-0.4, -0.2) is 32.0 Å². The molecule has 0 radical (unpaired) electrons. The predicted molar refractivity (Wildman–Crippen MR) is 77.3 cm³/mol. The van der Waals surface area contributed by atoms with Crippen molar-refractivity contribution in [2.24, 2.45) is 12.9 Å². The zero-order valence-corrected chi connectivity index (χ0v) is 11.9. The molecule has 4 heterocycles. The molecule has 3 atom stereocenters. The monoisotopic (exact) mass is 286 g/mol. The third-order valence-electron chi connectivity index (χ3n) is 4.33. The summed E-state index contributed by atoms with van der Waals surface area (Å²) in [5, 5.41) is 4.19. The van der Waals surface area contributed by atoms with Crippen molar-refractivity contribution in [2.45, 2.75) is 37.4 Å². The lowest BCUT2D eigenvalue weighted by Crippen LogP contribution is -2.19. The minimum absolute atomic E-state index is 0.254. The molecule has 4 rings (SSSR count). The molecule has 0 amide bonds. The number of nitrogen functional groups attached to an aromatic ring is 1. The predicted octanol–water partition coefficient (Wildman–Crippen LogP) is 1.20. The summed E-state index contributed by atoms with van der Waals surface area (Å²) in [6.07, 6.45) is 7.62. The standard InChI is InChI=1S/C14H18N6O/c1-20-7-8(6-16-20)11-5-13(19-15)18-14(17-11)10-4-9-2-3-12(10)21-9/h5-7,9-10,12H,2-4,15H2,1H3,(H,17,18,19). The van der Waals surface area contributed by atoms with Gasteiger partial charge in [-0.2, -0.15) is 5.10 Å². The Morgan fingerprint density at radius 2 is 2.29 bits per heavy atom. The second-order valence-electron chi connectivity index (χ2n) is 5.76. The summed E-state index contributed by atoms with van der Waals surface area (Å²) < 4.78 is 7.67.